The number of nitrogens with zero attached hydrogens (tertiary/aromatic N) is 6. The minimum Gasteiger partial charge on any atom is -0.244 e. The zero-order valence-electron chi connectivity index (χ0n) is 30.3. The van der Waals surface area contributed by atoms with Gasteiger partial charge in [0.25, 0.3) is 0 Å². The van der Waals surface area contributed by atoms with Crippen LogP contribution < -0.4 is 0 Å². The lowest BCUT2D eigenvalue weighted by atomic mass is 9.89. The Morgan fingerprint density at radius 1 is 0.418 bits per heavy atom. The normalized spacial score (nSPS) is 16.7. The van der Waals surface area contributed by atoms with Crippen LogP contribution >= 0.6 is 23.5 Å². The van der Waals surface area contributed by atoms with Gasteiger partial charge in [0.05, 0.1) is 22.1 Å². The van der Waals surface area contributed by atoms with Crippen LogP contribution in [-0.2, 0) is 9.49 Å². The fraction of sp³-hybridized carbons (Fsp3) is 0.106. The van der Waals surface area contributed by atoms with Crippen LogP contribution in [0.15, 0.2) is 150 Å². The molecule has 5 aromatic carbocycles. The minimum atomic E-state index is -0.624. The van der Waals surface area contributed by atoms with Crippen molar-refractivity contribution in [1.29, 1.82) is 0 Å². The third-order valence-electron chi connectivity index (χ3n) is 11.2. The summed E-state index contributed by atoms with van der Waals surface area (Å²) in [7, 11) is 0. The molecule has 11 rings (SSSR count). The Morgan fingerprint density at radius 3 is 1.67 bits per heavy atom. The summed E-state index contributed by atoms with van der Waals surface area (Å²) >= 11 is 3.74. The smallest absolute Gasteiger partial charge is 0.149 e. The van der Waals surface area contributed by atoms with E-state index in [1.165, 1.54) is 20.9 Å². The molecular formula is C47H32N6S2. The molecule has 0 radical (unpaired) electrons. The van der Waals surface area contributed by atoms with Gasteiger partial charge in [-0.2, -0.15) is 0 Å². The highest BCUT2D eigenvalue weighted by Gasteiger charge is 2.41. The highest BCUT2D eigenvalue weighted by Crippen LogP contribution is 2.57. The maximum Gasteiger partial charge on any atom is 0.149 e. The molecule has 1 unspecified atom stereocenters. The van der Waals surface area contributed by atoms with E-state index in [-0.39, 0.29) is 4.75 Å². The van der Waals surface area contributed by atoms with Crippen LogP contribution in [0.1, 0.15) is 37.7 Å². The Kier molecular flexibility index (Phi) is 7.10. The van der Waals surface area contributed by atoms with Gasteiger partial charge in [-0.1, -0.05) is 103 Å². The Morgan fingerprint density at radius 2 is 0.964 bits per heavy atom. The predicted octanol–water partition coefficient (Wildman–Crippen LogP) is 12.0. The molecule has 6 nitrogen and oxygen atoms in total. The fourth-order valence-electron chi connectivity index (χ4n) is 8.63. The van der Waals surface area contributed by atoms with Crippen molar-refractivity contribution in [2.45, 2.75) is 40.1 Å². The molecule has 3 aromatic heterocycles. The first kappa shape index (κ1) is 32.5. The summed E-state index contributed by atoms with van der Waals surface area (Å²) in [5.74, 6) is 0.748. The van der Waals surface area contributed by atoms with Gasteiger partial charge in [-0.25, -0.2) is 29.9 Å². The summed E-state index contributed by atoms with van der Waals surface area (Å²) in [6, 6.07) is 40.9. The van der Waals surface area contributed by atoms with Crippen LogP contribution in [0.5, 0.6) is 0 Å². The molecule has 0 amide bonds. The van der Waals surface area contributed by atoms with E-state index in [9.17, 15) is 0 Å². The van der Waals surface area contributed by atoms with E-state index in [2.05, 4.69) is 141 Å². The Bertz CT molecular complexity index is 3240. The summed E-state index contributed by atoms with van der Waals surface area (Å²) < 4.78 is -0.759. The third-order valence-corrected chi connectivity index (χ3v) is 13.9. The molecule has 0 bridgehead atoms. The first-order chi connectivity index (χ1) is 26.9. The van der Waals surface area contributed by atoms with Gasteiger partial charge in [-0.05, 0) is 54.8 Å². The maximum absolute atomic E-state index is 5.74. The molecular weight excluding hydrogens is 713 g/mol. The molecule has 2 aliphatic carbocycles. The van der Waals surface area contributed by atoms with E-state index >= 15 is 0 Å². The molecule has 0 fully saturated rings. The number of fused-ring (bicyclic) bond motifs is 12. The maximum atomic E-state index is 5.74. The predicted molar refractivity (Wildman–Crippen MR) is 228 cm³/mol. The first-order valence-corrected chi connectivity index (χ1v) is 20.0. The molecule has 0 N–H and O–H groups in total. The Balaban J connectivity index is 1.35. The number of rotatable bonds is 1. The van der Waals surface area contributed by atoms with Crippen LogP contribution in [0.4, 0.5) is 0 Å². The molecule has 55 heavy (non-hydrogen) atoms. The van der Waals surface area contributed by atoms with Crippen LogP contribution in [0.3, 0.4) is 0 Å². The minimum absolute atomic E-state index is 0.135. The lowest BCUT2D eigenvalue weighted by molar-refractivity contribution is 0.718. The van der Waals surface area contributed by atoms with Crippen molar-refractivity contribution in [3.63, 3.8) is 0 Å². The average molecular weight is 745 g/mol. The molecule has 0 saturated heterocycles. The van der Waals surface area contributed by atoms with Gasteiger partial charge >= 0.3 is 0 Å². The van der Waals surface area contributed by atoms with E-state index in [1.807, 2.05) is 35.9 Å². The molecule has 1 atom stereocenters. The monoisotopic (exact) mass is 744 g/mol. The van der Waals surface area contributed by atoms with Crippen molar-refractivity contribution in [2.24, 2.45) is 0 Å². The molecule has 8 aromatic rings. The van der Waals surface area contributed by atoms with Gasteiger partial charge < -0.3 is 0 Å². The van der Waals surface area contributed by atoms with Crippen molar-refractivity contribution in [3.8, 4) is 11.1 Å². The van der Waals surface area contributed by atoms with Gasteiger partial charge in [-0.15, -0.1) is 23.5 Å². The van der Waals surface area contributed by atoms with Crippen LogP contribution in [-0.4, -0.2) is 29.9 Å². The highest BCUT2D eigenvalue weighted by atomic mass is 32.2. The molecule has 0 saturated carbocycles. The number of hydrogen-bond donors (Lipinski definition) is 0. The summed E-state index contributed by atoms with van der Waals surface area (Å²) in [6.07, 6.45) is 7.28. The number of thioether (sulfide) groups is 2. The summed E-state index contributed by atoms with van der Waals surface area (Å²) in [4.78, 5) is 33.1. The van der Waals surface area contributed by atoms with Crippen LogP contribution in [0.2, 0.25) is 0 Å². The largest absolute Gasteiger partial charge is 0.244 e. The number of benzene rings is 5. The molecule has 262 valence electrons. The van der Waals surface area contributed by atoms with E-state index in [0.29, 0.717) is 0 Å². The van der Waals surface area contributed by atoms with Gasteiger partial charge in [-0.3, -0.25) is 0 Å². The Labute approximate surface area is 325 Å². The SMILES string of the molecule is CC1(C)Sc2ccccc2C(C)(c2ncc3c4ccccc4c4ncnc5c4-c4c(cccc4c3n2)c2ncncc2c2ccccc52)Sc2ccccc21. The highest BCUT2D eigenvalue weighted by molar-refractivity contribution is 8.02. The van der Waals surface area contributed by atoms with Crippen LogP contribution in [0.25, 0.3) is 76.3 Å². The van der Waals surface area contributed by atoms with Crippen molar-refractivity contribution < 1.29 is 0 Å². The second-order valence-electron chi connectivity index (χ2n) is 14.7. The van der Waals surface area contributed by atoms with Crippen molar-refractivity contribution in [3.05, 3.63) is 157 Å². The molecule has 8 heteroatoms. The van der Waals surface area contributed by atoms with Gasteiger partial charge in [0.1, 0.15) is 23.2 Å². The van der Waals surface area contributed by atoms with Crippen molar-refractivity contribution in [1.82, 2.24) is 29.9 Å². The zero-order chi connectivity index (χ0) is 36.9. The molecule has 3 aliphatic rings. The molecule has 0 spiro atoms. The zero-order valence-corrected chi connectivity index (χ0v) is 31.9. The third kappa shape index (κ3) is 4.77. The van der Waals surface area contributed by atoms with Gasteiger partial charge in [0.2, 0.25) is 0 Å². The Hall–Kier alpha value is -5.96. The van der Waals surface area contributed by atoms with E-state index in [0.717, 1.165) is 82.1 Å². The second-order valence-corrected chi connectivity index (χ2v) is 17.9. The first-order valence-electron chi connectivity index (χ1n) is 18.3. The molecule has 1 aliphatic heterocycles. The average Bonchev–Trinajstić information content (AvgIpc) is 3.22. The van der Waals surface area contributed by atoms with Crippen LogP contribution in [0, 0.1) is 0 Å². The second kappa shape index (κ2) is 12.0. The quantitative estimate of drug-likeness (QED) is 0.164. The lowest BCUT2D eigenvalue weighted by Crippen LogP contribution is -2.27. The van der Waals surface area contributed by atoms with E-state index in [4.69, 9.17) is 24.9 Å². The topological polar surface area (TPSA) is 77.3 Å². The number of aromatic nitrogens is 6. The van der Waals surface area contributed by atoms with E-state index in [1.54, 1.807) is 12.7 Å². The van der Waals surface area contributed by atoms with Gasteiger partial charge in [0, 0.05) is 70.4 Å². The van der Waals surface area contributed by atoms with Crippen molar-refractivity contribution >= 4 is 88.7 Å². The standard InChI is InChI=1S/C47H32N6S2/c1-46(2)35-19-8-10-21-37(35)55-47(3,36-20-9-11-22-38(36)54-46)45-49-24-34-28-14-5-7-16-30(28)44-40-39-31(17-12-18-32(39)42(34)53-45)41-33(23-48-25-50-41)27-13-4-6-15-29(27)43(40)51-26-52-44/h4-26H,1-3H3. The molecule has 4 heterocycles. The van der Waals surface area contributed by atoms with Gasteiger partial charge in [0.15, 0.2) is 0 Å². The lowest BCUT2D eigenvalue weighted by Gasteiger charge is -2.37. The number of hydrogen-bond acceptors (Lipinski definition) is 8. The summed E-state index contributed by atoms with van der Waals surface area (Å²) in [6.45, 7) is 6.92. The summed E-state index contributed by atoms with van der Waals surface area (Å²) in [5.41, 5.74) is 7.92. The fourth-order valence-corrected chi connectivity index (χ4v) is 11.6. The van der Waals surface area contributed by atoms with E-state index < -0.39 is 4.75 Å². The summed E-state index contributed by atoms with van der Waals surface area (Å²) in [5, 5.41) is 7.94. The van der Waals surface area contributed by atoms with Crippen molar-refractivity contribution in [2.75, 3.05) is 0 Å².